The molecule has 2 aromatic rings. The molecule has 0 spiro atoms. The van der Waals surface area contributed by atoms with Crippen LogP contribution in [0.5, 0.6) is 0 Å². The minimum absolute atomic E-state index is 0.00379. The van der Waals surface area contributed by atoms with Gasteiger partial charge in [0.25, 0.3) is 0 Å². The third kappa shape index (κ3) is 3.77. The fourth-order valence-corrected chi connectivity index (χ4v) is 1.74. The van der Waals surface area contributed by atoms with E-state index in [4.69, 9.17) is 0 Å². The van der Waals surface area contributed by atoms with Crippen molar-refractivity contribution in [2.24, 2.45) is 0 Å². The zero-order valence-corrected chi connectivity index (χ0v) is 10.4. The third-order valence-corrected chi connectivity index (χ3v) is 2.68. The average Bonchev–Trinajstić information content (AvgIpc) is 2.88. The lowest BCUT2D eigenvalue weighted by atomic mass is 10.1. The van der Waals surface area contributed by atoms with Crippen molar-refractivity contribution in [2.75, 3.05) is 6.54 Å². The maximum atomic E-state index is 12.9. The Kier molecular flexibility index (Phi) is 4.33. The standard InChI is InChI=1S/C12H12F4N4/c13-10-2-1-9(11(7-10)12(14,15)16)8-17-3-5-20-6-4-18-19-20/h1-2,4,6-7,17H,3,5,8H2. The normalized spacial score (nSPS) is 11.8. The minimum Gasteiger partial charge on any atom is -0.311 e. The quantitative estimate of drug-likeness (QED) is 0.677. The van der Waals surface area contributed by atoms with Crippen molar-refractivity contribution < 1.29 is 17.6 Å². The molecule has 0 saturated carbocycles. The Bertz CT molecular complexity index is 551. The predicted octanol–water partition coefficient (Wildman–Crippen LogP) is 2.23. The third-order valence-electron chi connectivity index (χ3n) is 2.68. The zero-order chi connectivity index (χ0) is 14.6. The number of hydrogen-bond donors (Lipinski definition) is 1. The van der Waals surface area contributed by atoms with Gasteiger partial charge in [-0.1, -0.05) is 11.3 Å². The summed E-state index contributed by atoms with van der Waals surface area (Å²) in [6, 6.07) is 2.67. The van der Waals surface area contributed by atoms with Crippen molar-refractivity contribution in [2.45, 2.75) is 19.3 Å². The first-order valence-electron chi connectivity index (χ1n) is 5.87. The molecule has 0 unspecified atom stereocenters. The Morgan fingerprint density at radius 1 is 1.25 bits per heavy atom. The molecule has 108 valence electrons. The molecule has 1 aromatic carbocycles. The summed E-state index contributed by atoms with van der Waals surface area (Å²) in [5.74, 6) is -0.899. The molecule has 1 N–H and O–H groups in total. The largest absolute Gasteiger partial charge is 0.416 e. The molecule has 0 aliphatic carbocycles. The van der Waals surface area contributed by atoms with E-state index in [2.05, 4.69) is 15.6 Å². The lowest BCUT2D eigenvalue weighted by molar-refractivity contribution is -0.138. The number of alkyl halides is 3. The molecular formula is C12H12F4N4. The highest BCUT2D eigenvalue weighted by Gasteiger charge is 2.33. The van der Waals surface area contributed by atoms with Crippen molar-refractivity contribution in [3.63, 3.8) is 0 Å². The van der Waals surface area contributed by atoms with E-state index in [-0.39, 0.29) is 12.1 Å². The summed E-state index contributed by atoms with van der Waals surface area (Å²) in [4.78, 5) is 0. The molecule has 0 aliphatic rings. The number of rotatable bonds is 5. The van der Waals surface area contributed by atoms with Gasteiger partial charge in [-0.25, -0.2) is 4.39 Å². The number of nitrogens with zero attached hydrogens (tertiary/aromatic N) is 3. The van der Waals surface area contributed by atoms with Gasteiger partial charge in [0.05, 0.1) is 18.3 Å². The molecule has 1 aromatic heterocycles. The van der Waals surface area contributed by atoms with Crippen LogP contribution < -0.4 is 5.32 Å². The van der Waals surface area contributed by atoms with E-state index in [1.165, 1.54) is 6.20 Å². The van der Waals surface area contributed by atoms with E-state index in [1.54, 1.807) is 10.9 Å². The maximum absolute atomic E-state index is 12.9. The van der Waals surface area contributed by atoms with Gasteiger partial charge in [-0.15, -0.1) is 5.10 Å². The van der Waals surface area contributed by atoms with Crippen molar-refractivity contribution in [3.05, 3.63) is 47.5 Å². The van der Waals surface area contributed by atoms with E-state index in [9.17, 15) is 17.6 Å². The second kappa shape index (κ2) is 6.00. The van der Waals surface area contributed by atoms with Gasteiger partial charge in [0.1, 0.15) is 5.82 Å². The number of nitrogens with one attached hydrogen (secondary N) is 1. The van der Waals surface area contributed by atoms with Gasteiger partial charge in [0.15, 0.2) is 0 Å². The van der Waals surface area contributed by atoms with E-state index >= 15 is 0 Å². The van der Waals surface area contributed by atoms with E-state index in [1.807, 2.05) is 0 Å². The van der Waals surface area contributed by atoms with Crippen molar-refractivity contribution in [1.82, 2.24) is 20.3 Å². The Hall–Kier alpha value is -1.96. The zero-order valence-electron chi connectivity index (χ0n) is 10.4. The molecule has 0 atom stereocenters. The molecule has 0 fully saturated rings. The van der Waals surface area contributed by atoms with Crippen LogP contribution in [0.4, 0.5) is 17.6 Å². The molecule has 0 bridgehead atoms. The molecule has 0 aliphatic heterocycles. The number of benzene rings is 1. The Morgan fingerprint density at radius 2 is 2.05 bits per heavy atom. The highest BCUT2D eigenvalue weighted by atomic mass is 19.4. The lowest BCUT2D eigenvalue weighted by Crippen LogP contribution is -2.22. The molecule has 2 rings (SSSR count). The highest BCUT2D eigenvalue weighted by Crippen LogP contribution is 2.32. The van der Waals surface area contributed by atoms with Crippen LogP contribution in [-0.2, 0) is 19.3 Å². The monoisotopic (exact) mass is 288 g/mol. The molecular weight excluding hydrogens is 276 g/mol. The molecule has 0 amide bonds. The Labute approximate surface area is 112 Å². The molecule has 20 heavy (non-hydrogen) atoms. The summed E-state index contributed by atoms with van der Waals surface area (Å²) in [6.45, 7) is 0.921. The predicted molar refractivity (Wildman–Crippen MR) is 63.1 cm³/mol. The van der Waals surface area contributed by atoms with Gasteiger partial charge in [-0.2, -0.15) is 13.2 Å². The van der Waals surface area contributed by atoms with Crippen molar-refractivity contribution in [3.8, 4) is 0 Å². The first-order valence-corrected chi connectivity index (χ1v) is 5.87. The first kappa shape index (κ1) is 14.4. The lowest BCUT2D eigenvalue weighted by Gasteiger charge is -2.13. The summed E-state index contributed by atoms with van der Waals surface area (Å²) in [5.41, 5.74) is -0.941. The van der Waals surface area contributed by atoms with Crippen LogP contribution in [0, 0.1) is 5.82 Å². The molecule has 8 heteroatoms. The van der Waals surface area contributed by atoms with Gasteiger partial charge >= 0.3 is 6.18 Å². The number of hydrogen-bond acceptors (Lipinski definition) is 3. The summed E-state index contributed by atoms with van der Waals surface area (Å²) in [7, 11) is 0. The van der Waals surface area contributed by atoms with Crippen molar-refractivity contribution in [1.29, 1.82) is 0 Å². The molecule has 4 nitrogen and oxygen atoms in total. The molecule has 0 saturated heterocycles. The highest BCUT2D eigenvalue weighted by molar-refractivity contribution is 5.30. The molecule has 1 heterocycles. The fraction of sp³-hybridized carbons (Fsp3) is 0.333. The van der Waals surface area contributed by atoms with Crippen LogP contribution in [0.15, 0.2) is 30.6 Å². The number of aromatic nitrogens is 3. The SMILES string of the molecule is Fc1ccc(CNCCn2ccnn2)c(C(F)(F)F)c1. The second-order valence-electron chi connectivity index (χ2n) is 4.14. The van der Waals surface area contributed by atoms with Gasteiger partial charge in [-0.3, -0.25) is 4.68 Å². The summed E-state index contributed by atoms with van der Waals surface area (Å²) >= 11 is 0. The van der Waals surface area contributed by atoms with E-state index in [0.717, 1.165) is 12.1 Å². The van der Waals surface area contributed by atoms with Crippen LogP contribution in [0.1, 0.15) is 11.1 Å². The summed E-state index contributed by atoms with van der Waals surface area (Å²) in [6.07, 6.45) is -1.40. The van der Waals surface area contributed by atoms with Crippen molar-refractivity contribution >= 4 is 0 Å². The van der Waals surface area contributed by atoms with E-state index in [0.29, 0.717) is 19.2 Å². The summed E-state index contributed by atoms with van der Waals surface area (Å²) < 4.78 is 52.7. The minimum atomic E-state index is -4.56. The van der Waals surface area contributed by atoms with Crippen LogP contribution in [0.2, 0.25) is 0 Å². The van der Waals surface area contributed by atoms with Gasteiger partial charge in [0.2, 0.25) is 0 Å². The Balaban J connectivity index is 1.95. The van der Waals surface area contributed by atoms with Crippen LogP contribution in [0.3, 0.4) is 0 Å². The van der Waals surface area contributed by atoms with E-state index < -0.39 is 17.6 Å². The second-order valence-corrected chi connectivity index (χ2v) is 4.14. The number of halogens is 4. The molecule has 0 radical (unpaired) electrons. The fourth-order valence-electron chi connectivity index (χ4n) is 1.74. The topological polar surface area (TPSA) is 42.7 Å². The smallest absolute Gasteiger partial charge is 0.311 e. The van der Waals surface area contributed by atoms with Gasteiger partial charge < -0.3 is 5.32 Å². The van der Waals surface area contributed by atoms with Crippen LogP contribution in [-0.4, -0.2) is 21.5 Å². The van der Waals surface area contributed by atoms with Gasteiger partial charge in [0, 0.05) is 19.3 Å². The summed E-state index contributed by atoms with van der Waals surface area (Å²) in [5, 5.41) is 10.2. The Morgan fingerprint density at radius 3 is 2.70 bits per heavy atom. The van der Waals surface area contributed by atoms with Crippen LogP contribution in [0.25, 0.3) is 0 Å². The van der Waals surface area contributed by atoms with Crippen LogP contribution >= 0.6 is 0 Å². The maximum Gasteiger partial charge on any atom is 0.416 e. The average molecular weight is 288 g/mol. The van der Waals surface area contributed by atoms with Gasteiger partial charge in [-0.05, 0) is 17.7 Å². The first-order chi connectivity index (χ1) is 9.47.